The summed E-state index contributed by atoms with van der Waals surface area (Å²) in [7, 11) is 0. The van der Waals surface area contributed by atoms with Crippen LogP contribution >= 0.6 is 0 Å². The number of hydrogen-bond acceptors (Lipinski definition) is 3. The molecule has 3 fully saturated rings. The molecule has 0 aromatic heterocycles. The molecule has 3 saturated carbocycles. The Morgan fingerprint density at radius 1 is 0.459 bits per heavy atom. The molecule has 0 aliphatic heterocycles. The molecule has 0 heterocycles. The number of rotatable bonds is 3. The zero-order chi connectivity index (χ0) is 27.1. The molecule has 0 amide bonds. The van der Waals surface area contributed by atoms with Gasteiger partial charge in [0.25, 0.3) is 0 Å². The molecule has 3 nitrogen and oxygen atoms in total. The molecule has 6 atom stereocenters. The standard InChI is InChI=1S/3C11H22O.Fe/c3*1-3-10-7-5-4-6-8-11(2,12)9-10;/h3*10,12H,3-9H2,1-2H3;. The molecule has 0 saturated heterocycles. The first-order valence-corrected chi connectivity index (χ1v) is 16.1. The fourth-order valence-corrected chi connectivity index (χ4v) is 6.87. The van der Waals surface area contributed by atoms with Crippen LogP contribution < -0.4 is 0 Å². The minimum Gasteiger partial charge on any atom is -0.390 e. The van der Waals surface area contributed by atoms with E-state index in [0.717, 1.165) is 56.3 Å². The van der Waals surface area contributed by atoms with E-state index < -0.39 is 0 Å². The van der Waals surface area contributed by atoms with Crippen LogP contribution in [0.5, 0.6) is 0 Å². The molecule has 3 aliphatic carbocycles. The summed E-state index contributed by atoms with van der Waals surface area (Å²) in [4.78, 5) is 0. The van der Waals surface area contributed by atoms with Crippen LogP contribution in [0.2, 0.25) is 0 Å². The minimum atomic E-state index is -0.374. The molecular formula is C33H66FeO3. The molecule has 224 valence electrons. The first-order chi connectivity index (χ1) is 16.9. The van der Waals surface area contributed by atoms with Gasteiger partial charge in [0.2, 0.25) is 0 Å². The van der Waals surface area contributed by atoms with Crippen molar-refractivity contribution < 1.29 is 32.4 Å². The van der Waals surface area contributed by atoms with Crippen LogP contribution in [0, 0.1) is 17.8 Å². The van der Waals surface area contributed by atoms with Gasteiger partial charge in [-0.15, -0.1) is 0 Å². The second-order valence-corrected chi connectivity index (χ2v) is 13.7. The van der Waals surface area contributed by atoms with Crippen molar-refractivity contribution in [1.82, 2.24) is 0 Å². The fourth-order valence-electron chi connectivity index (χ4n) is 6.87. The van der Waals surface area contributed by atoms with Crippen LogP contribution in [-0.4, -0.2) is 32.1 Å². The third-order valence-electron chi connectivity index (χ3n) is 9.40. The SMILES string of the molecule is CCC1CCCCCC(C)(O)C1.CCC1CCCCCC(C)(O)C1.CCC1CCCCCC(C)(O)C1.[Fe]. The summed E-state index contributed by atoms with van der Waals surface area (Å²) < 4.78 is 0. The monoisotopic (exact) mass is 566 g/mol. The molecule has 0 aromatic carbocycles. The van der Waals surface area contributed by atoms with Crippen molar-refractivity contribution in [2.45, 2.75) is 193 Å². The zero-order valence-electron chi connectivity index (χ0n) is 25.8. The van der Waals surface area contributed by atoms with E-state index in [0.29, 0.717) is 0 Å². The zero-order valence-corrected chi connectivity index (χ0v) is 26.9. The fraction of sp³-hybridized carbons (Fsp3) is 1.00. The quantitative estimate of drug-likeness (QED) is 0.298. The van der Waals surface area contributed by atoms with E-state index in [4.69, 9.17) is 0 Å². The van der Waals surface area contributed by atoms with Crippen molar-refractivity contribution in [2.75, 3.05) is 0 Å². The van der Waals surface area contributed by atoms with E-state index in [1.165, 1.54) is 96.3 Å². The molecule has 0 aromatic rings. The third kappa shape index (κ3) is 18.4. The normalized spacial score (nSPS) is 37.7. The Morgan fingerprint density at radius 3 is 0.919 bits per heavy atom. The summed E-state index contributed by atoms with van der Waals surface area (Å²) in [5, 5.41) is 29.9. The largest absolute Gasteiger partial charge is 0.390 e. The van der Waals surface area contributed by atoms with Crippen LogP contribution in [0.3, 0.4) is 0 Å². The Kier molecular flexibility index (Phi) is 19.7. The molecule has 6 unspecified atom stereocenters. The second-order valence-electron chi connectivity index (χ2n) is 13.7. The smallest absolute Gasteiger partial charge is 0.0622 e. The van der Waals surface area contributed by atoms with Gasteiger partial charge in [-0.3, -0.25) is 0 Å². The summed E-state index contributed by atoms with van der Waals surface area (Å²) >= 11 is 0. The second kappa shape index (κ2) is 19.5. The van der Waals surface area contributed by atoms with Gasteiger partial charge in [0.1, 0.15) is 0 Å². The van der Waals surface area contributed by atoms with Crippen LogP contribution in [0.4, 0.5) is 0 Å². The topological polar surface area (TPSA) is 60.7 Å². The van der Waals surface area contributed by atoms with Gasteiger partial charge in [0.15, 0.2) is 0 Å². The Balaban J connectivity index is 0.000000518. The molecule has 3 N–H and O–H groups in total. The summed E-state index contributed by atoms with van der Waals surface area (Å²) in [6, 6.07) is 0. The molecular weight excluding hydrogens is 500 g/mol. The van der Waals surface area contributed by atoms with E-state index in [1.54, 1.807) is 0 Å². The van der Waals surface area contributed by atoms with Gasteiger partial charge in [0.05, 0.1) is 16.8 Å². The van der Waals surface area contributed by atoms with Crippen LogP contribution in [-0.2, 0) is 17.1 Å². The van der Waals surface area contributed by atoms with Gasteiger partial charge in [-0.05, 0) is 77.0 Å². The molecule has 3 aliphatic rings. The van der Waals surface area contributed by atoms with Gasteiger partial charge in [0, 0.05) is 17.1 Å². The maximum Gasteiger partial charge on any atom is 0.0622 e. The summed E-state index contributed by atoms with van der Waals surface area (Å²) in [5.74, 6) is 2.29. The maximum atomic E-state index is 9.98. The molecule has 0 radical (unpaired) electrons. The molecule has 0 bridgehead atoms. The molecule has 3 rings (SSSR count). The average molecular weight is 567 g/mol. The van der Waals surface area contributed by atoms with E-state index in [1.807, 2.05) is 20.8 Å². The average Bonchev–Trinajstić information content (AvgIpc) is 2.77. The number of hydrogen-bond donors (Lipinski definition) is 3. The van der Waals surface area contributed by atoms with Gasteiger partial charge in [-0.2, -0.15) is 0 Å². The third-order valence-corrected chi connectivity index (χ3v) is 9.40. The molecule has 37 heavy (non-hydrogen) atoms. The van der Waals surface area contributed by atoms with Gasteiger partial charge in [-0.25, -0.2) is 0 Å². The minimum absolute atomic E-state index is 0. The number of aliphatic hydroxyl groups is 3. The van der Waals surface area contributed by atoms with E-state index in [-0.39, 0.29) is 33.9 Å². The molecule has 4 heteroatoms. The first kappa shape index (κ1) is 37.4. The predicted molar refractivity (Wildman–Crippen MR) is 156 cm³/mol. The van der Waals surface area contributed by atoms with Crippen LogP contribution in [0.25, 0.3) is 0 Å². The molecule has 0 spiro atoms. The van der Waals surface area contributed by atoms with Crippen molar-refractivity contribution in [2.24, 2.45) is 17.8 Å². The Hall–Kier alpha value is 0.399. The van der Waals surface area contributed by atoms with Gasteiger partial charge < -0.3 is 15.3 Å². The van der Waals surface area contributed by atoms with E-state index >= 15 is 0 Å². The Morgan fingerprint density at radius 2 is 0.703 bits per heavy atom. The Labute approximate surface area is 242 Å². The first-order valence-electron chi connectivity index (χ1n) is 16.1. The van der Waals surface area contributed by atoms with Crippen molar-refractivity contribution >= 4 is 0 Å². The summed E-state index contributed by atoms with van der Waals surface area (Å²) in [6.45, 7) is 12.7. The van der Waals surface area contributed by atoms with Crippen molar-refractivity contribution in [3.63, 3.8) is 0 Å². The van der Waals surface area contributed by atoms with E-state index in [9.17, 15) is 15.3 Å². The van der Waals surface area contributed by atoms with Crippen molar-refractivity contribution in [1.29, 1.82) is 0 Å². The van der Waals surface area contributed by atoms with Gasteiger partial charge >= 0.3 is 0 Å². The summed E-state index contributed by atoms with van der Waals surface area (Å²) in [5.41, 5.74) is -1.12. The van der Waals surface area contributed by atoms with E-state index in [2.05, 4.69) is 20.8 Å². The maximum absolute atomic E-state index is 9.98. The summed E-state index contributed by atoms with van der Waals surface area (Å²) in [6.07, 6.45) is 25.4. The van der Waals surface area contributed by atoms with Crippen LogP contribution in [0.1, 0.15) is 176 Å². The van der Waals surface area contributed by atoms with Crippen molar-refractivity contribution in [3.8, 4) is 0 Å². The predicted octanol–water partition coefficient (Wildman–Crippen LogP) is 9.35. The Bertz CT molecular complexity index is 470. The van der Waals surface area contributed by atoms with Gasteiger partial charge in [-0.1, -0.05) is 117 Å². The van der Waals surface area contributed by atoms with Crippen molar-refractivity contribution in [3.05, 3.63) is 0 Å². The van der Waals surface area contributed by atoms with Crippen LogP contribution in [0.15, 0.2) is 0 Å².